The van der Waals surface area contributed by atoms with Gasteiger partial charge in [0.25, 0.3) is 5.91 Å². The van der Waals surface area contributed by atoms with Gasteiger partial charge in [0.05, 0.1) is 12.8 Å². The number of hydrogen-bond acceptors (Lipinski definition) is 4. The summed E-state index contributed by atoms with van der Waals surface area (Å²) in [6.07, 6.45) is 3.41. The fourth-order valence-electron chi connectivity index (χ4n) is 2.83. The smallest absolute Gasteiger partial charge is 0.255 e. The van der Waals surface area contributed by atoms with Crippen LogP contribution in [0.1, 0.15) is 23.2 Å². The molecule has 0 aromatic heterocycles. The van der Waals surface area contributed by atoms with E-state index in [1.807, 2.05) is 24.5 Å². The number of nitrogens with one attached hydrogen (secondary N) is 1. The molecule has 0 saturated carbocycles. The quantitative estimate of drug-likeness (QED) is 0.828. The van der Waals surface area contributed by atoms with Crippen LogP contribution >= 0.6 is 11.8 Å². The first-order valence-electron chi connectivity index (χ1n) is 8.06. The van der Waals surface area contributed by atoms with Crippen molar-refractivity contribution in [2.45, 2.75) is 17.7 Å². The number of nitrogens with zero attached hydrogens (tertiary/aromatic N) is 1. The molecular formula is C19H20N2O3S. The molecule has 1 aliphatic rings. The van der Waals surface area contributed by atoms with Crippen molar-refractivity contribution in [2.75, 3.05) is 30.1 Å². The molecule has 2 aromatic rings. The third kappa shape index (κ3) is 3.79. The molecule has 0 unspecified atom stereocenters. The third-order valence-electron chi connectivity index (χ3n) is 4.15. The fraction of sp³-hybridized carbons (Fsp3) is 0.263. The van der Waals surface area contributed by atoms with Crippen LogP contribution < -0.4 is 15.0 Å². The molecule has 2 aromatic carbocycles. The zero-order chi connectivity index (χ0) is 17.8. The van der Waals surface area contributed by atoms with Gasteiger partial charge in [-0.3, -0.25) is 9.59 Å². The second-order valence-electron chi connectivity index (χ2n) is 5.72. The van der Waals surface area contributed by atoms with E-state index in [-0.39, 0.29) is 11.8 Å². The summed E-state index contributed by atoms with van der Waals surface area (Å²) < 4.78 is 5.42. The van der Waals surface area contributed by atoms with Crippen molar-refractivity contribution >= 4 is 35.0 Å². The molecule has 0 aliphatic carbocycles. The first kappa shape index (κ1) is 17.4. The van der Waals surface area contributed by atoms with Gasteiger partial charge in [-0.15, -0.1) is 11.8 Å². The molecule has 1 aliphatic heterocycles. The molecule has 2 amide bonds. The van der Waals surface area contributed by atoms with Crippen molar-refractivity contribution in [2.24, 2.45) is 0 Å². The summed E-state index contributed by atoms with van der Waals surface area (Å²) >= 11 is 1.63. The molecule has 3 rings (SSSR count). The fourth-order valence-corrected chi connectivity index (χ4v) is 3.24. The second kappa shape index (κ2) is 7.61. The molecular weight excluding hydrogens is 336 g/mol. The lowest BCUT2D eigenvalue weighted by atomic mass is 10.2. The highest BCUT2D eigenvalue weighted by atomic mass is 32.2. The summed E-state index contributed by atoms with van der Waals surface area (Å²) in [5, 5.41) is 2.87. The van der Waals surface area contributed by atoms with Crippen LogP contribution in [0.3, 0.4) is 0 Å². The van der Waals surface area contributed by atoms with Crippen molar-refractivity contribution < 1.29 is 14.3 Å². The van der Waals surface area contributed by atoms with Crippen molar-refractivity contribution in [3.8, 4) is 5.75 Å². The zero-order valence-electron chi connectivity index (χ0n) is 14.2. The van der Waals surface area contributed by atoms with E-state index in [0.717, 1.165) is 17.0 Å². The summed E-state index contributed by atoms with van der Waals surface area (Å²) in [4.78, 5) is 27.2. The maximum absolute atomic E-state index is 12.4. The van der Waals surface area contributed by atoms with Crippen LogP contribution in [-0.2, 0) is 4.79 Å². The molecule has 1 N–H and O–H groups in total. The van der Waals surface area contributed by atoms with E-state index in [2.05, 4.69) is 5.32 Å². The van der Waals surface area contributed by atoms with Crippen molar-refractivity contribution in [1.29, 1.82) is 0 Å². The number of ether oxygens (including phenoxy) is 1. The third-order valence-corrected chi connectivity index (χ3v) is 4.90. The van der Waals surface area contributed by atoms with Crippen LogP contribution in [0.2, 0.25) is 0 Å². The molecule has 5 nitrogen and oxygen atoms in total. The first-order valence-corrected chi connectivity index (χ1v) is 9.28. The largest absolute Gasteiger partial charge is 0.494 e. The van der Waals surface area contributed by atoms with Gasteiger partial charge >= 0.3 is 0 Å². The number of anilines is 2. The molecule has 0 bridgehead atoms. The highest BCUT2D eigenvalue weighted by molar-refractivity contribution is 7.98. The van der Waals surface area contributed by atoms with Gasteiger partial charge in [0.15, 0.2) is 0 Å². The van der Waals surface area contributed by atoms with Crippen molar-refractivity contribution in [1.82, 2.24) is 0 Å². The average Bonchev–Trinajstić information content (AvgIpc) is 3.07. The van der Waals surface area contributed by atoms with Gasteiger partial charge in [0, 0.05) is 35.2 Å². The van der Waals surface area contributed by atoms with E-state index in [0.29, 0.717) is 30.0 Å². The Balaban J connectivity index is 1.78. The SMILES string of the molecule is COc1cc(NC(=O)c2ccc(SC)cc2)ccc1N1CCCC1=O. The van der Waals surface area contributed by atoms with Gasteiger partial charge in [-0.05, 0) is 49.1 Å². The lowest BCUT2D eigenvalue weighted by molar-refractivity contribution is -0.117. The number of hydrogen-bond donors (Lipinski definition) is 1. The minimum Gasteiger partial charge on any atom is -0.494 e. The minimum absolute atomic E-state index is 0.101. The van der Waals surface area contributed by atoms with E-state index in [9.17, 15) is 9.59 Å². The minimum atomic E-state index is -0.181. The lowest BCUT2D eigenvalue weighted by Crippen LogP contribution is -2.24. The topological polar surface area (TPSA) is 58.6 Å². The van der Waals surface area contributed by atoms with E-state index in [4.69, 9.17) is 4.74 Å². The average molecular weight is 356 g/mol. The summed E-state index contributed by atoms with van der Waals surface area (Å²) in [7, 11) is 1.56. The second-order valence-corrected chi connectivity index (χ2v) is 6.60. The summed E-state index contributed by atoms with van der Waals surface area (Å²) in [6, 6.07) is 12.8. The van der Waals surface area contributed by atoms with Crippen LogP contribution in [0.4, 0.5) is 11.4 Å². The summed E-state index contributed by atoms with van der Waals surface area (Å²) in [6.45, 7) is 0.697. The first-order chi connectivity index (χ1) is 12.1. The Morgan fingerprint density at radius 2 is 1.96 bits per heavy atom. The lowest BCUT2D eigenvalue weighted by Gasteiger charge is -2.19. The Kier molecular flexibility index (Phi) is 5.28. The Hall–Kier alpha value is -2.47. The van der Waals surface area contributed by atoms with Gasteiger partial charge in [-0.25, -0.2) is 0 Å². The van der Waals surface area contributed by atoms with Crippen molar-refractivity contribution in [3.05, 3.63) is 48.0 Å². The van der Waals surface area contributed by atoms with Crippen LogP contribution in [-0.4, -0.2) is 31.7 Å². The molecule has 25 heavy (non-hydrogen) atoms. The molecule has 0 atom stereocenters. The summed E-state index contributed by atoms with van der Waals surface area (Å²) in [5.74, 6) is 0.495. The normalized spacial score (nSPS) is 13.8. The molecule has 6 heteroatoms. The Labute approximate surface area is 151 Å². The molecule has 0 spiro atoms. The predicted octanol–water partition coefficient (Wildman–Crippen LogP) is 3.80. The maximum Gasteiger partial charge on any atom is 0.255 e. The standard InChI is InChI=1S/C19H20N2O3S/c1-24-17-12-14(7-10-16(17)21-11-3-4-18(21)22)20-19(23)13-5-8-15(25-2)9-6-13/h5-10,12H,3-4,11H2,1-2H3,(H,20,23). The summed E-state index contributed by atoms with van der Waals surface area (Å²) in [5.41, 5.74) is 1.97. The van der Waals surface area contributed by atoms with E-state index in [1.165, 1.54) is 0 Å². The molecule has 1 fully saturated rings. The Morgan fingerprint density at radius 3 is 2.56 bits per heavy atom. The highest BCUT2D eigenvalue weighted by Crippen LogP contribution is 2.34. The van der Waals surface area contributed by atoms with Crippen LogP contribution in [0.15, 0.2) is 47.4 Å². The van der Waals surface area contributed by atoms with Gasteiger partial charge in [0.1, 0.15) is 5.75 Å². The Morgan fingerprint density at radius 1 is 1.20 bits per heavy atom. The van der Waals surface area contributed by atoms with Gasteiger partial charge in [0.2, 0.25) is 5.91 Å². The van der Waals surface area contributed by atoms with Gasteiger partial charge in [-0.2, -0.15) is 0 Å². The number of thioether (sulfide) groups is 1. The number of amides is 2. The zero-order valence-corrected chi connectivity index (χ0v) is 15.1. The number of carbonyl (C=O) groups is 2. The van der Waals surface area contributed by atoms with Crippen LogP contribution in [0, 0.1) is 0 Å². The molecule has 130 valence electrons. The predicted molar refractivity (Wildman–Crippen MR) is 101 cm³/mol. The maximum atomic E-state index is 12.4. The van der Waals surface area contributed by atoms with Crippen LogP contribution in [0.25, 0.3) is 0 Å². The highest BCUT2D eigenvalue weighted by Gasteiger charge is 2.24. The Bertz CT molecular complexity index is 790. The molecule has 1 heterocycles. The molecule has 0 radical (unpaired) electrons. The monoisotopic (exact) mass is 356 g/mol. The number of methoxy groups -OCH3 is 1. The number of rotatable bonds is 5. The van der Waals surface area contributed by atoms with E-state index < -0.39 is 0 Å². The van der Waals surface area contributed by atoms with Gasteiger partial charge < -0.3 is 15.0 Å². The van der Waals surface area contributed by atoms with E-state index in [1.54, 1.807) is 48.0 Å². The molecule has 1 saturated heterocycles. The van der Waals surface area contributed by atoms with Gasteiger partial charge in [-0.1, -0.05) is 0 Å². The van der Waals surface area contributed by atoms with Crippen molar-refractivity contribution in [3.63, 3.8) is 0 Å². The number of benzene rings is 2. The van der Waals surface area contributed by atoms with Crippen LogP contribution in [0.5, 0.6) is 5.75 Å². The van der Waals surface area contributed by atoms with E-state index >= 15 is 0 Å². The number of carbonyl (C=O) groups excluding carboxylic acids is 2.